The van der Waals surface area contributed by atoms with Crippen molar-refractivity contribution in [1.82, 2.24) is 9.97 Å². The van der Waals surface area contributed by atoms with Crippen molar-refractivity contribution in [3.8, 4) is 0 Å². The highest BCUT2D eigenvalue weighted by molar-refractivity contribution is 9.10. The van der Waals surface area contributed by atoms with Gasteiger partial charge in [0.15, 0.2) is 0 Å². The predicted molar refractivity (Wildman–Crippen MR) is 71.1 cm³/mol. The molecule has 2 rings (SSSR count). The molecule has 84 valence electrons. The number of rotatable bonds is 1. The Labute approximate surface area is 108 Å². The van der Waals surface area contributed by atoms with Crippen LogP contribution in [0.2, 0.25) is 5.15 Å². The third-order valence-electron chi connectivity index (χ3n) is 2.54. The predicted octanol–water partition coefficient (Wildman–Crippen LogP) is 4.48. The molecule has 0 spiro atoms. The van der Waals surface area contributed by atoms with Gasteiger partial charge in [-0.05, 0) is 24.6 Å². The van der Waals surface area contributed by atoms with Crippen molar-refractivity contribution in [1.29, 1.82) is 0 Å². The van der Waals surface area contributed by atoms with Crippen LogP contribution < -0.4 is 0 Å². The van der Waals surface area contributed by atoms with Crippen LogP contribution in [0.15, 0.2) is 16.6 Å². The monoisotopic (exact) mass is 298 g/mol. The van der Waals surface area contributed by atoms with Gasteiger partial charge in [0.2, 0.25) is 0 Å². The maximum absolute atomic E-state index is 6.16. The van der Waals surface area contributed by atoms with Gasteiger partial charge in [-0.3, -0.25) is 0 Å². The summed E-state index contributed by atoms with van der Waals surface area (Å²) in [7, 11) is 0. The van der Waals surface area contributed by atoms with Crippen LogP contribution >= 0.6 is 27.5 Å². The Balaban J connectivity index is 2.83. The number of halogens is 2. The van der Waals surface area contributed by atoms with Crippen LogP contribution in [-0.2, 0) is 0 Å². The van der Waals surface area contributed by atoms with E-state index < -0.39 is 0 Å². The minimum atomic E-state index is 0.278. The van der Waals surface area contributed by atoms with E-state index in [0.29, 0.717) is 5.15 Å². The van der Waals surface area contributed by atoms with Gasteiger partial charge in [0.05, 0.1) is 5.52 Å². The van der Waals surface area contributed by atoms with Gasteiger partial charge in [0, 0.05) is 15.8 Å². The van der Waals surface area contributed by atoms with Crippen LogP contribution in [0, 0.1) is 6.92 Å². The lowest BCUT2D eigenvalue weighted by atomic mass is 10.1. The zero-order valence-corrected chi connectivity index (χ0v) is 11.7. The third kappa shape index (κ3) is 1.94. The summed E-state index contributed by atoms with van der Waals surface area (Å²) in [6, 6.07) is 3.92. The van der Waals surface area contributed by atoms with E-state index in [2.05, 4.69) is 39.7 Å². The Bertz CT molecular complexity index is 552. The van der Waals surface area contributed by atoms with Crippen LogP contribution in [0.3, 0.4) is 0 Å². The number of aromatic nitrogens is 2. The molecule has 0 bridgehead atoms. The maximum Gasteiger partial charge on any atom is 0.140 e. The van der Waals surface area contributed by atoms with Gasteiger partial charge in [0.1, 0.15) is 11.0 Å². The van der Waals surface area contributed by atoms with E-state index >= 15 is 0 Å². The van der Waals surface area contributed by atoms with Gasteiger partial charge < -0.3 is 0 Å². The standard InChI is InChI=1S/C12H12BrClN2/c1-6(2)12-15-10-7(3)9(13)5-4-8(10)11(14)16-12/h4-6H,1-3H3. The zero-order chi connectivity index (χ0) is 11.9. The lowest BCUT2D eigenvalue weighted by Crippen LogP contribution is -1.99. The van der Waals surface area contributed by atoms with Gasteiger partial charge >= 0.3 is 0 Å². The highest BCUT2D eigenvalue weighted by atomic mass is 79.9. The number of aryl methyl sites for hydroxylation is 1. The summed E-state index contributed by atoms with van der Waals surface area (Å²) in [6.07, 6.45) is 0. The third-order valence-corrected chi connectivity index (χ3v) is 3.69. The summed E-state index contributed by atoms with van der Waals surface area (Å²) in [5, 5.41) is 1.44. The van der Waals surface area contributed by atoms with Crippen molar-refractivity contribution < 1.29 is 0 Å². The van der Waals surface area contributed by atoms with Crippen LogP contribution in [0.1, 0.15) is 31.2 Å². The van der Waals surface area contributed by atoms with E-state index in [1.165, 1.54) is 0 Å². The first-order valence-electron chi connectivity index (χ1n) is 5.13. The van der Waals surface area contributed by atoms with Gasteiger partial charge in [-0.25, -0.2) is 9.97 Å². The number of benzene rings is 1. The van der Waals surface area contributed by atoms with E-state index in [1.54, 1.807) is 0 Å². The van der Waals surface area contributed by atoms with E-state index in [-0.39, 0.29) is 5.92 Å². The molecule has 0 aliphatic rings. The number of hydrogen-bond acceptors (Lipinski definition) is 2. The summed E-state index contributed by atoms with van der Waals surface area (Å²) in [5.74, 6) is 1.07. The quantitative estimate of drug-likeness (QED) is 0.726. The highest BCUT2D eigenvalue weighted by Gasteiger charge is 2.11. The van der Waals surface area contributed by atoms with E-state index in [1.807, 2.05) is 19.1 Å². The lowest BCUT2D eigenvalue weighted by molar-refractivity contribution is 0.782. The molecule has 1 aromatic heterocycles. The van der Waals surface area contributed by atoms with Crippen LogP contribution in [0.4, 0.5) is 0 Å². The zero-order valence-electron chi connectivity index (χ0n) is 9.38. The van der Waals surface area contributed by atoms with Crippen LogP contribution in [-0.4, -0.2) is 9.97 Å². The van der Waals surface area contributed by atoms with Gasteiger partial charge in [0.25, 0.3) is 0 Å². The van der Waals surface area contributed by atoms with Crippen molar-refractivity contribution in [2.24, 2.45) is 0 Å². The molecule has 0 aliphatic heterocycles. The number of hydrogen-bond donors (Lipinski definition) is 0. The summed E-state index contributed by atoms with van der Waals surface area (Å²) in [5.41, 5.74) is 2.03. The summed E-state index contributed by atoms with van der Waals surface area (Å²) < 4.78 is 1.05. The molecule has 0 unspecified atom stereocenters. The maximum atomic E-state index is 6.16. The fourth-order valence-electron chi connectivity index (χ4n) is 1.54. The molecule has 0 atom stereocenters. The molecule has 0 fully saturated rings. The average Bonchev–Trinajstić information content (AvgIpc) is 2.23. The van der Waals surface area contributed by atoms with Crippen molar-refractivity contribution in [3.63, 3.8) is 0 Å². The van der Waals surface area contributed by atoms with Crippen LogP contribution in [0.5, 0.6) is 0 Å². The fourth-order valence-corrected chi connectivity index (χ4v) is 2.10. The first-order valence-corrected chi connectivity index (χ1v) is 6.30. The molecular formula is C12H12BrClN2. The van der Waals surface area contributed by atoms with E-state index in [9.17, 15) is 0 Å². The first kappa shape index (κ1) is 11.8. The van der Waals surface area contributed by atoms with Crippen molar-refractivity contribution in [2.45, 2.75) is 26.7 Å². The second kappa shape index (κ2) is 4.30. The Morgan fingerprint density at radius 2 is 1.94 bits per heavy atom. The lowest BCUT2D eigenvalue weighted by Gasteiger charge is -2.09. The van der Waals surface area contributed by atoms with Gasteiger partial charge in [-0.1, -0.05) is 41.4 Å². The average molecular weight is 300 g/mol. The summed E-state index contributed by atoms with van der Waals surface area (Å²) in [6.45, 7) is 6.15. The molecule has 0 saturated heterocycles. The van der Waals surface area contributed by atoms with E-state index in [4.69, 9.17) is 11.6 Å². The second-order valence-electron chi connectivity index (χ2n) is 4.10. The topological polar surface area (TPSA) is 25.8 Å². The Morgan fingerprint density at radius 1 is 1.25 bits per heavy atom. The SMILES string of the molecule is Cc1c(Br)ccc2c(Cl)nc(C(C)C)nc12. The Morgan fingerprint density at radius 3 is 2.56 bits per heavy atom. The van der Waals surface area contributed by atoms with Crippen molar-refractivity contribution in [3.05, 3.63) is 33.1 Å². The molecule has 1 aromatic carbocycles. The molecule has 16 heavy (non-hydrogen) atoms. The Kier molecular flexibility index (Phi) is 3.17. The highest BCUT2D eigenvalue weighted by Crippen LogP contribution is 2.29. The number of nitrogens with zero attached hydrogens (tertiary/aromatic N) is 2. The normalized spacial score (nSPS) is 11.4. The molecule has 2 aromatic rings. The smallest absolute Gasteiger partial charge is 0.140 e. The fraction of sp³-hybridized carbons (Fsp3) is 0.333. The summed E-state index contributed by atoms with van der Waals surface area (Å²) in [4.78, 5) is 8.88. The molecule has 1 heterocycles. The van der Waals surface area contributed by atoms with Crippen LogP contribution in [0.25, 0.3) is 10.9 Å². The van der Waals surface area contributed by atoms with Gasteiger partial charge in [-0.15, -0.1) is 0 Å². The van der Waals surface area contributed by atoms with Crippen molar-refractivity contribution in [2.75, 3.05) is 0 Å². The minimum Gasteiger partial charge on any atom is -0.232 e. The summed E-state index contributed by atoms with van der Waals surface area (Å²) >= 11 is 9.66. The molecule has 0 amide bonds. The number of fused-ring (bicyclic) bond motifs is 1. The molecule has 0 saturated carbocycles. The largest absolute Gasteiger partial charge is 0.232 e. The van der Waals surface area contributed by atoms with E-state index in [0.717, 1.165) is 26.8 Å². The Hall–Kier alpha value is -0.670. The first-order chi connectivity index (χ1) is 7.50. The second-order valence-corrected chi connectivity index (χ2v) is 5.31. The molecule has 0 aliphatic carbocycles. The molecule has 0 N–H and O–H groups in total. The molecular weight excluding hydrogens is 288 g/mol. The minimum absolute atomic E-state index is 0.278. The van der Waals surface area contributed by atoms with Gasteiger partial charge in [-0.2, -0.15) is 0 Å². The molecule has 2 nitrogen and oxygen atoms in total. The molecule has 4 heteroatoms. The molecule has 0 radical (unpaired) electrons. The van der Waals surface area contributed by atoms with Crippen molar-refractivity contribution >= 4 is 38.4 Å².